The number of rotatable bonds is 5. The van der Waals surface area contributed by atoms with Crippen molar-refractivity contribution in [3.63, 3.8) is 0 Å². The number of halogens is 13. The van der Waals surface area contributed by atoms with Crippen LogP contribution in [0.25, 0.3) is 10.9 Å². The van der Waals surface area contributed by atoms with Crippen LogP contribution in [0.4, 0.5) is 58.4 Å². The van der Waals surface area contributed by atoms with E-state index in [1.165, 1.54) is 18.2 Å². The summed E-state index contributed by atoms with van der Waals surface area (Å²) in [5.41, 5.74) is -18.3. The van der Waals surface area contributed by atoms with Crippen LogP contribution >= 0.6 is 22.6 Å². The monoisotopic (exact) mass is 740 g/mol. The first kappa shape index (κ1) is 32.5. The molecule has 0 fully saturated rings. The molecule has 2 aromatic carbocycles. The Hall–Kier alpha value is -3.04. The van der Waals surface area contributed by atoms with Gasteiger partial charge in [0.05, 0.1) is 5.69 Å². The summed E-state index contributed by atoms with van der Waals surface area (Å²) in [6, 6.07) is 4.29. The Bertz CT molecular complexity index is 1640. The lowest BCUT2D eigenvalue weighted by Crippen LogP contribution is -2.59. The number of aromatic nitrogens is 1. The van der Waals surface area contributed by atoms with Gasteiger partial charge in [0, 0.05) is 32.2 Å². The molecule has 1 amide bonds. The lowest BCUT2D eigenvalue weighted by Gasteiger charge is -2.36. The molecule has 20 heteroatoms. The zero-order valence-electron chi connectivity index (χ0n) is 19.0. The van der Waals surface area contributed by atoms with E-state index in [1.54, 1.807) is 5.32 Å². The number of anilines is 1. The predicted octanol–water partition coefficient (Wildman–Crippen LogP) is 6.55. The number of alkyl halides is 12. The molecule has 3 aromatic rings. The quantitative estimate of drug-likeness (QED) is 0.139. The Labute approximate surface area is 233 Å². The summed E-state index contributed by atoms with van der Waals surface area (Å²) in [6.07, 6.45) is -13.4. The summed E-state index contributed by atoms with van der Waals surface area (Å²) in [5, 5.41) is 13.8. The maximum Gasteiger partial charge on any atom is 0.501 e. The van der Waals surface area contributed by atoms with Crippen LogP contribution in [-0.4, -0.2) is 38.1 Å². The van der Waals surface area contributed by atoms with Crippen molar-refractivity contribution in [3.05, 3.63) is 68.6 Å². The van der Waals surface area contributed by atoms with Gasteiger partial charge in [-0.05, 0) is 52.9 Å². The summed E-state index contributed by atoms with van der Waals surface area (Å²) in [7, 11) is -6.94. The van der Waals surface area contributed by atoms with Crippen LogP contribution in [0.2, 0.25) is 0 Å². The van der Waals surface area contributed by atoms with Gasteiger partial charge in [-0.1, -0.05) is 0 Å². The van der Waals surface area contributed by atoms with Gasteiger partial charge in [-0.15, -0.1) is 0 Å². The minimum Gasteiger partial charge on any atom is -0.618 e. The zero-order valence-corrected chi connectivity index (χ0v) is 22.0. The fraction of sp³-hybridized carbons (Fsp3) is 0.238. The van der Waals surface area contributed by atoms with E-state index >= 15 is 4.39 Å². The largest absolute Gasteiger partial charge is 0.618 e. The lowest BCUT2D eigenvalue weighted by molar-refractivity contribution is -0.577. The highest BCUT2D eigenvalue weighted by Crippen LogP contribution is 2.59. The van der Waals surface area contributed by atoms with E-state index in [0.29, 0.717) is 22.6 Å². The normalized spacial score (nSPS) is 15.0. The first-order valence-corrected chi connectivity index (χ1v) is 12.7. The van der Waals surface area contributed by atoms with E-state index < -0.39 is 82.6 Å². The zero-order chi connectivity index (χ0) is 31.6. The molecule has 0 bridgehead atoms. The number of sulfone groups is 1. The van der Waals surface area contributed by atoms with E-state index in [1.807, 2.05) is 0 Å². The molecule has 1 atom stereocenters. The van der Waals surface area contributed by atoms with E-state index in [-0.39, 0.29) is 15.6 Å². The van der Waals surface area contributed by atoms with Gasteiger partial charge in [0.2, 0.25) is 5.52 Å². The Morgan fingerprint density at radius 3 is 1.95 bits per heavy atom. The number of fused-ring (bicyclic) bond motifs is 1. The second-order valence-electron chi connectivity index (χ2n) is 8.07. The molecule has 0 aliphatic rings. The van der Waals surface area contributed by atoms with Crippen LogP contribution in [0, 0.1) is 8.78 Å². The van der Waals surface area contributed by atoms with Crippen LogP contribution in [0.3, 0.4) is 0 Å². The van der Waals surface area contributed by atoms with Gasteiger partial charge < -0.3 is 10.5 Å². The van der Waals surface area contributed by atoms with Crippen molar-refractivity contribution >= 4 is 54.9 Å². The highest BCUT2D eigenvalue weighted by atomic mass is 127. The minimum atomic E-state index is -7.33. The summed E-state index contributed by atoms with van der Waals surface area (Å²) >= 11 is 0.709. The first-order valence-electron chi connectivity index (χ1n) is 10.2. The average molecular weight is 740 g/mol. The Kier molecular flexibility index (Phi) is 7.96. The number of carbonyl (C=O) groups is 1. The number of benzene rings is 2. The fourth-order valence-corrected chi connectivity index (χ4v) is 5.37. The van der Waals surface area contributed by atoms with Crippen molar-refractivity contribution in [2.24, 2.45) is 0 Å². The molecule has 0 aliphatic heterocycles. The van der Waals surface area contributed by atoms with Crippen molar-refractivity contribution in [3.8, 4) is 0 Å². The van der Waals surface area contributed by atoms with Crippen LogP contribution in [0.5, 0.6) is 0 Å². The molecule has 0 radical (unpaired) electrons. The van der Waals surface area contributed by atoms with E-state index in [0.717, 1.165) is 18.3 Å². The molecule has 1 aromatic heterocycles. The SMILES string of the molecule is O=C(Nc1c(I)cc(C(F)(C(F)(F)F)C(F)(F)C(F)(F)F)cc1S(=O)(=O)C(F)(F)F)c1ccc2ccc[n+]([O-])c2c1. The second kappa shape index (κ2) is 10.1. The minimum absolute atomic E-state index is 0.185. The van der Waals surface area contributed by atoms with Gasteiger partial charge >= 0.3 is 29.5 Å². The van der Waals surface area contributed by atoms with Gasteiger partial charge in [0.25, 0.3) is 15.7 Å². The number of nitrogens with one attached hydrogen (secondary N) is 1. The smallest absolute Gasteiger partial charge is 0.501 e. The summed E-state index contributed by atoms with van der Waals surface area (Å²) in [5.74, 6) is -8.83. The highest BCUT2D eigenvalue weighted by Gasteiger charge is 2.82. The highest BCUT2D eigenvalue weighted by molar-refractivity contribution is 14.1. The first-order chi connectivity index (χ1) is 18.4. The van der Waals surface area contributed by atoms with Crippen molar-refractivity contribution in [1.29, 1.82) is 0 Å². The van der Waals surface area contributed by atoms with Gasteiger partial charge in [0.15, 0.2) is 6.20 Å². The molecule has 0 spiro atoms. The van der Waals surface area contributed by atoms with E-state index in [2.05, 4.69) is 0 Å². The van der Waals surface area contributed by atoms with Crippen molar-refractivity contribution in [2.75, 3.05) is 5.32 Å². The molecule has 1 unspecified atom stereocenters. The molecule has 41 heavy (non-hydrogen) atoms. The molecule has 0 saturated carbocycles. The molecule has 3 rings (SSSR count). The van der Waals surface area contributed by atoms with Crippen LogP contribution < -0.4 is 10.0 Å². The Morgan fingerprint density at radius 1 is 0.854 bits per heavy atom. The number of hydrogen-bond donors (Lipinski definition) is 1. The van der Waals surface area contributed by atoms with Crippen LogP contribution in [-0.2, 0) is 15.5 Å². The second-order valence-corrected chi connectivity index (χ2v) is 11.1. The third-order valence-corrected chi connectivity index (χ3v) is 7.85. The van der Waals surface area contributed by atoms with Crippen molar-refractivity contribution < 1.29 is 70.6 Å². The van der Waals surface area contributed by atoms with E-state index in [4.69, 9.17) is 0 Å². The van der Waals surface area contributed by atoms with Gasteiger partial charge in [-0.25, -0.2) is 12.8 Å². The number of carbonyl (C=O) groups excluding carboxylic acids is 1. The van der Waals surface area contributed by atoms with Gasteiger partial charge in [-0.2, -0.15) is 53.0 Å². The van der Waals surface area contributed by atoms with Crippen LogP contribution in [0.15, 0.2) is 53.6 Å². The molecule has 0 saturated heterocycles. The molecule has 6 nitrogen and oxygen atoms in total. The third kappa shape index (κ3) is 5.34. The predicted molar refractivity (Wildman–Crippen MR) is 123 cm³/mol. The molecule has 224 valence electrons. The molecule has 1 N–H and O–H groups in total. The number of nitrogens with zero attached hydrogens (tertiary/aromatic N) is 1. The molecule has 0 aliphatic carbocycles. The summed E-state index contributed by atoms with van der Waals surface area (Å²) < 4.78 is 186. The maximum atomic E-state index is 15.0. The Morgan fingerprint density at radius 2 is 1.44 bits per heavy atom. The number of hydrogen-bond acceptors (Lipinski definition) is 4. The van der Waals surface area contributed by atoms with Gasteiger partial charge in [-0.3, -0.25) is 4.79 Å². The standard InChI is InChI=1S/C21H9F12IN2O4S/c22-17(19(25,26)27,18(23,24)20(28,29)30)11-7-12(34)15(14(8-11)41(39,40)21(31,32)33)35-16(37)10-4-3-9-2-1-5-36(38)13(9)6-10/h1-8H,(H,35,37). The summed E-state index contributed by atoms with van der Waals surface area (Å²) in [4.78, 5) is 10.3. The topological polar surface area (TPSA) is 90.2 Å². The molecular formula is C21H9F12IN2O4S. The van der Waals surface area contributed by atoms with Crippen molar-refractivity contribution in [2.45, 2.75) is 34.3 Å². The molecular weight excluding hydrogens is 731 g/mol. The van der Waals surface area contributed by atoms with Crippen LogP contribution in [0.1, 0.15) is 15.9 Å². The van der Waals surface area contributed by atoms with Crippen molar-refractivity contribution in [1.82, 2.24) is 0 Å². The maximum absolute atomic E-state index is 15.0. The number of amides is 1. The van der Waals surface area contributed by atoms with E-state index in [9.17, 15) is 66.7 Å². The lowest BCUT2D eigenvalue weighted by atomic mass is 9.87. The number of pyridine rings is 1. The average Bonchev–Trinajstić information content (AvgIpc) is 2.82. The fourth-order valence-electron chi connectivity index (χ4n) is 3.46. The Balaban J connectivity index is 2.32. The molecule has 1 heterocycles. The third-order valence-electron chi connectivity index (χ3n) is 5.49. The van der Waals surface area contributed by atoms with Gasteiger partial charge in [0.1, 0.15) is 4.90 Å². The summed E-state index contributed by atoms with van der Waals surface area (Å²) in [6.45, 7) is 0.